The Hall–Kier alpha value is -2.55. The lowest BCUT2D eigenvalue weighted by Gasteiger charge is -2.14. The number of Topliss-reactive ketones (excluding diaryl/α,β-unsaturated/α-hetero) is 1. The topological polar surface area (TPSA) is 73.2 Å². The Bertz CT molecular complexity index is 862. The van der Waals surface area contributed by atoms with E-state index in [4.69, 9.17) is 11.6 Å². The van der Waals surface area contributed by atoms with Crippen LogP contribution in [0.15, 0.2) is 18.2 Å². The van der Waals surface area contributed by atoms with Gasteiger partial charge >= 0.3 is 6.18 Å². The fraction of sp³-hybridized carbons (Fsp3) is 0.312. The summed E-state index contributed by atoms with van der Waals surface area (Å²) in [5, 5.41) is 6.46. The van der Waals surface area contributed by atoms with E-state index < -0.39 is 24.5 Å². The van der Waals surface area contributed by atoms with Crippen LogP contribution < -0.4 is 10.1 Å². The predicted molar refractivity (Wildman–Crippen MR) is 88.6 cm³/mol. The summed E-state index contributed by atoms with van der Waals surface area (Å²) in [6.45, 7) is 1.65. The van der Waals surface area contributed by atoms with Crippen molar-refractivity contribution >= 4 is 29.0 Å². The first-order chi connectivity index (χ1) is 12.0. The molecule has 0 aliphatic carbocycles. The number of ether oxygens (including phenoxy) is 1. The molecule has 2 aromatic rings. The van der Waals surface area contributed by atoms with E-state index in [1.54, 1.807) is 20.9 Å². The van der Waals surface area contributed by atoms with Crippen LogP contribution in [0, 0.1) is 13.8 Å². The van der Waals surface area contributed by atoms with Gasteiger partial charge in [0, 0.05) is 17.8 Å². The number of aryl methyl sites for hydroxylation is 2. The van der Waals surface area contributed by atoms with Gasteiger partial charge < -0.3 is 10.1 Å². The van der Waals surface area contributed by atoms with Gasteiger partial charge in [-0.3, -0.25) is 14.3 Å². The zero-order chi connectivity index (χ0) is 19.6. The zero-order valence-electron chi connectivity index (χ0n) is 14.1. The Labute approximate surface area is 151 Å². The van der Waals surface area contributed by atoms with Gasteiger partial charge in [0.25, 0.3) is 11.7 Å². The number of nitrogens with one attached hydrogen (secondary N) is 1. The Morgan fingerprint density at radius 1 is 1.31 bits per heavy atom. The lowest BCUT2D eigenvalue weighted by atomic mass is 10.1. The van der Waals surface area contributed by atoms with Crippen molar-refractivity contribution in [1.29, 1.82) is 0 Å². The molecule has 0 saturated heterocycles. The van der Waals surface area contributed by atoms with Crippen molar-refractivity contribution in [3.63, 3.8) is 0 Å². The minimum atomic E-state index is -4.55. The van der Waals surface area contributed by atoms with Crippen molar-refractivity contribution in [3.8, 4) is 5.75 Å². The van der Waals surface area contributed by atoms with Crippen LogP contribution in [0.1, 0.15) is 21.7 Å². The molecule has 0 spiro atoms. The van der Waals surface area contributed by atoms with Crippen molar-refractivity contribution in [1.82, 2.24) is 9.78 Å². The first-order valence-electron chi connectivity index (χ1n) is 7.34. The molecule has 10 heteroatoms. The highest BCUT2D eigenvalue weighted by Gasteiger charge is 2.29. The van der Waals surface area contributed by atoms with Crippen LogP contribution in [0.4, 0.5) is 18.9 Å². The molecule has 0 aliphatic rings. The number of carbonyl (C=O) groups excluding carboxylic acids is 2. The van der Waals surface area contributed by atoms with Gasteiger partial charge in [0.05, 0.1) is 16.9 Å². The number of aromatic nitrogens is 2. The highest BCUT2D eigenvalue weighted by molar-refractivity contribution is 6.47. The van der Waals surface area contributed by atoms with Crippen LogP contribution in [0.25, 0.3) is 0 Å². The Balaban J connectivity index is 2.25. The molecule has 1 aromatic carbocycles. The van der Waals surface area contributed by atoms with Crippen LogP contribution in [-0.2, 0) is 11.8 Å². The van der Waals surface area contributed by atoms with Crippen LogP contribution in [0.5, 0.6) is 5.75 Å². The summed E-state index contributed by atoms with van der Waals surface area (Å²) in [5.74, 6) is -2.16. The van der Waals surface area contributed by atoms with Gasteiger partial charge in [0.15, 0.2) is 6.61 Å². The third kappa shape index (κ3) is 4.54. The normalized spacial score (nSPS) is 11.3. The molecule has 0 unspecified atom stereocenters. The smallest absolute Gasteiger partial charge is 0.422 e. The quantitative estimate of drug-likeness (QED) is 0.628. The van der Waals surface area contributed by atoms with E-state index in [1.165, 1.54) is 22.9 Å². The molecule has 0 fully saturated rings. The minimum absolute atomic E-state index is 0.129. The Morgan fingerprint density at radius 3 is 2.50 bits per heavy atom. The molecule has 0 saturated carbocycles. The maximum Gasteiger partial charge on any atom is 0.422 e. The molecule has 0 radical (unpaired) electrons. The van der Waals surface area contributed by atoms with E-state index >= 15 is 0 Å². The lowest BCUT2D eigenvalue weighted by Crippen LogP contribution is -2.25. The number of ketones is 1. The van der Waals surface area contributed by atoms with E-state index in [-0.39, 0.29) is 22.0 Å². The molecule has 140 valence electrons. The third-order valence-corrected chi connectivity index (χ3v) is 3.76. The van der Waals surface area contributed by atoms with Gasteiger partial charge in [-0.1, -0.05) is 11.6 Å². The monoisotopic (exact) mass is 389 g/mol. The summed E-state index contributed by atoms with van der Waals surface area (Å²) in [6, 6.07) is 3.68. The first-order valence-corrected chi connectivity index (χ1v) is 7.72. The molecule has 0 bridgehead atoms. The average Bonchev–Trinajstić information content (AvgIpc) is 2.77. The van der Waals surface area contributed by atoms with Gasteiger partial charge in [0.2, 0.25) is 0 Å². The number of benzene rings is 1. The van der Waals surface area contributed by atoms with Crippen molar-refractivity contribution in [3.05, 3.63) is 40.2 Å². The molecule has 0 aliphatic heterocycles. The number of amides is 1. The van der Waals surface area contributed by atoms with Gasteiger partial charge in [-0.25, -0.2) is 0 Å². The number of hydrogen-bond donors (Lipinski definition) is 1. The van der Waals surface area contributed by atoms with E-state index in [0.717, 1.165) is 0 Å². The number of hydrogen-bond acceptors (Lipinski definition) is 4. The predicted octanol–water partition coefficient (Wildman–Crippen LogP) is 3.45. The molecule has 0 atom stereocenters. The Morgan fingerprint density at radius 2 is 1.96 bits per heavy atom. The fourth-order valence-corrected chi connectivity index (χ4v) is 2.45. The molecular formula is C16H15ClF3N3O3. The zero-order valence-corrected chi connectivity index (χ0v) is 14.8. The van der Waals surface area contributed by atoms with E-state index in [1.807, 2.05) is 0 Å². The second kappa shape index (κ2) is 7.36. The molecule has 2 rings (SSSR count). The second-order valence-electron chi connectivity index (χ2n) is 5.50. The highest BCUT2D eigenvalue weighted by atomic mass is 35.5. The molecule has 1 N–H and O–H groups in total. The third-order valence-electron chi connectivity index (χ3n) is 3.52. The summed E-state index contributed by atoms with van der Waals surface area (Å²) in [7, 11) is 1.62. The molecular weight excluding hydrogens is 375 g/mol. The average molecular weight is 390 g/mol. The number of anilines is 1. The minimum Gasteiger partial charge on any atom is -0.482 e. The Kier molecular flexibility index (Phi) is 5.60. The van der Waals surface area contributed by atoms with Crippen molar-refractivity contribution in [2.24, 2.45) is 7.05 Å². The standard InChI is InChI=1S/C16H15ClF3N3O3/c1-8-13(9(2)23(3)22-8)14(24)15(25)21-11-6-10(17)4-5-12(11)26-7-16(18,19)20/h4-6H,7H2,1-3H3,(H,21,25). The number of nitrogens with zero attached hydrogens (tertiary/aromatic N) is 2. The van der Waals surface area contributed by atoms with Crippen LogP contribution in [0.2, 0.25) is 5.02 Å². The highest BCUT2D eigenvalue weighted by Crippen LogP contribution is 2.30. The van der Waals surface area contributed by atoms with Crippen molar-refractivity contribution < 1.29 is 27.5 Å². The number of carbonyl (C=O) groups is 2. The fourth-order valence-electron chi connectivity index (χ4n) is 2.28. The van der Waals surface area contributed by atoms with E-state index in [0.29, 0.717) is 11.4 Å². The van der Waals surface area contributed by atoms with Gasteiger partial charge in [0.1, 0.15) is 5.75 Å². The van der Waals surface area contributed by atoms with Gasteiger partial charge in [-0.15, -0.1) is 0 Å². The maximum atomic E-state index is 12.4. The maximum absolute atomic E-state index is 12.4. The van der Waals surface area contributed by atoms with Gasteiger partial charge in [-0.2, -0.15) is 18.3 Å². The number of rotatable bonds is 5. The van der Waals surface area contributed by atoms with Crippen molar-refractivity contribution in [2.45, 2.75) is 20.0 Å². The number of halogens is 4. The van der Waals surface area contributed by atoms with Crippen molar-refractivity contribution in [2.75, 3.05) is 11.9 Å². The van der Waals surface area contributed by atoms with Crippen LogP contribution in [-0.4, -0.2) is 34.3 Å². The van der Waals surface area contributed by atoms with Crippen LogP contribution >= 0.6 is 11.6 Å². The molecule has 26 heavy (non-hydrogen) atoms. The van der Waals surface area contributed by atoms with Gasteiger partial charge in [-0.05, 0) is 32.0 Å². The second-order valence-corrected chi connectivity index (χ2v) is 5.93. The van der Waals surface area contributed by atoms with E-state index in [9.17, 15) is 22.8 Å². The summed E-state index contributed by atoms with van der Waals surface area (Å²) in [4.78, 5) is 24.7. The molecule has 6 nitrogen and oxygen atoms in total. The molecule has 1 amide bonds. The summed E-state index contributed by atoms with van der Waals surface area (Å²) >= 11 is 5.81. The molecule has 1 heterocycles. The summed E-state index contributed by atoms with van der Waals surface area (Å²) < 4.78 is 43.2. The SMILES string of the molecule is Cc1nn(C)c(C)c1C(=O)C(=O)Nc1cc(Cl)ccc1OCC(F)(F)F. The summed E-state index contributed by atoms with van der Waals surface area (Å²) in [5.41, 5.74) is 0.844. The largest absolute Gasteiger partial charge is 0.482 e. The summed E-state index contributed by atoms with van der Waals surface area (Å²) in [6.07, 6.45) is -4.55. The number of alkyl halides is 3. The molecule has 1 aromatic heterocycles. The lowest BCUT2D eigenvalue weighted by molar-refractivity contribution is -0.153. The van der Waals surface area contributed by atoms with Crippen LogP contribution in [0.3, 0.4) is 0 Å². The first kappa shape index (κ1) is 19.8. The van der Waals surface area contributed by atoms with E-state index in [2.05, 4.69) is 15.2 Å².